The molecule has 3 aliphatic heterocycles. The fourth-order valence-corrected chi connectivity index (χ4v) is 6.50. The molecule has 2 aromatic carbocycles. The molecule has 3 aliphatic rings. The topological polar surface area (TPSA) is 83.9 Å². The average Bonchev–Trinajstić information content (AvgIpc) is 3.42. The van der Waals surface area contributed by atoms with Crippen LogP contribution in [0.5, 0.6) is 0 Å². The van der Waals surface area contributed by atoms with Crippen molar-refractivity contribution in [3.63, 3.8) is 0 Å². The summed E-state index contributed by atoms with van der Waals surface area (Å²) in [5.74, 6) is -0.726. The molecule has 5 atom stereocenters. The van der Waals surface area contributed by atoms with Gasteiger partial charge in [-0.15, -0.1) is 24.8 Å². The van der Waals surface area contributed by atoms with E-state index in [0.29, 0.717) is 6.61 Å². The quantitative estimate of drug-likeness (QED) is 0.265. The molecule has 2 N–H and O–H groups in total. The minimum absolute atomic E-state index is 0. The van der Waals surface area contributed by atoms with Gasteiger partial charge in [0.15, 0.2) is 12.1 Å². The van der Waals surface area contributed by atoms with E-state index in [9.17, 15) is 5.11 Å². The van der Waals surface area contributed by atoms with Crippen molar-refractivity contribution in [2.75, 3.05) is 54.5 Å². The number of aliphatic hydroxyl groups is 2. The van der Waals surface area contributed by atoms with Gasteiger partial charge in [-0.2, -0.15) is 0 Å². The maximum atomic E-state index is 9.88. The fraction of sp³-hybridized carbons (Fsp3) is 0.562. The Morgan fingerprint density at radius 3 is 2.36 bits per heavy atom. The maximum absolute atomic E-state index is 9.88. The Bertz CT molecular complexity index is 1220. The molecule has 0 spiro atoms. The van der Waals surface area contributed by atoms with E-state index in [-0.39, 0.29) is 37.5 Å². The van der Waals surface area contributed by atoms with Gasteiger partial charge in [0.2, 0.25) is 0 Å². The lowest BCUT2D eigenvalue weighted by Crippen LogP contribution is -2.44. The Hall–Kier alpha value is -0.920. The predicted octanol–water partition coefficient (Wildman–Crippen LogP) is 5.58. The zero-order valence-electron chi connectivity index (χ0n) is 26.3. The fourth-order valence-electron chi connectivity index (χ4n) is 5.24. The lowest BCUT2D eigenvalue weighted by Gasteiger charge is -2.28. The summed E-state index contributed by atoms with van der Waals surface area (Å²) in [6.45, 7) is 5.75. The van der Waals surface area contributed by atoms with Crippen LogP contribution in [0.3, 0.4) is 0 Å². The van der Waals surface area contributed by atoms with E-state index in [4.69, 9.17) is 35.7 Å². The van der Waals surface area contributed by atoms with Crippen LogP contribution < -0.4 is 0 Å². The van der Waals surface area contributed by atoms with Gasteiger partial charge in [-0.05, 0) is 102 Å². The van der Waals surface area contributed by atoms with Crippen LogP contribution in [0.25, 0.3) is 5.57 Å². The van der Waals surface area contributed by atoms with Crippen LogP contribution in [0.1, 0.15) is 37.8 Å². The van der Waals surface area contributed by atoms with Gasteiger partial charge in [-0.3, -0.25) is 0 Å². The molecule has 12 heteroatoms. The van der Waals surface area contributed by atoms with Crippen LogP contribution in [0, 0.1) is 0 Å². The minimum atomic E-state index is -1.01. The van der Waals surface area contributed by atoms with Crippen molar-refractivity contribution in [2.24, 2.45) is 0 Å². The summed E-state index contributed by atoms with van der Waals surface area (Å²) in [4.78, 5) is 6.90. The first-order chi connectivity index (χ1) is 20.0. The summed E-state index contributed by atoms with van der Waals surface area (Å²) >= 11 is 8.03. The van der Waals surface area contributed by atoms with Crippen molar-refractivity contribution in [1.82, 2.24) is 9.80 Å². The number of hydrogen-bond acceptors (Lipinski definition) is 9. The molecule has 2 aromatic rings. The van der Waals surface area contributed by atoms with Crippen molar-refractivity contribution in [2.45, 2.75) is 73.0 Å². The standard InChI is InChI=1S/C18H18ClNS.C14H27NO6.2ClH/c1-20(2)11-5-7-14-15-6-3-4-8-17(15)21-18-10-9-13(19)12-16(14)18;1-14(2)20-12-11(18-7-5-6-15(3)4)10(9(17)8-16)19-13(12)21-14;;/h3-4,6-10,12H,5,11H2,1-2H3;9-13,16-17H,5-8H2,1-4H3;2*1H. The van der Waals surface area contributed by atoms with Crippen LogP contribution in [0.2, 0.25) is 5.02 Å². The molecule has 0 saturated carbocycles. The number of hydrogen-bond donors (Lipinski definition) is 2. The monoisotopic (exact) mass is 692 g/mol. The Morgan fingerprint density at radius 1 is 1.00 bits per heavy atom. The molecule has 3 heterocycles. The van der Waals surface area contributed by atoms with Crippen molar-refractivity contribution < 1.29 is 29.2 Å². The molecule has 2 fully saturated rings. The third-order valence-electron chi connectivity index (χ3n) is 7.21. The van der Waals surface area contributed by atoms with Crippen LogP contribution >= 0.6 is 48.2 Å². The van der Waals surface area contributed by atoms with Crippen molar-refractivity contribution in [3.8, 4) is 0 Å². The van der Waals surface area contributed by atoms with Gasteiger partial charge >= 0.3 is 0 Å². The molecule has 0 aliphatic carbocycles. The van der Waals surface area contributed by atoms with Crippen LogP contribution in [0.15, 0.2) is 58.3 Å². The second-order valence-corrected chi connectivity index (χ2v) is 13.3. The molecule has 0 radical (unpaired) electrons. The zero-order chi connectivity index (χ0) is 30.4. The summed E-state index contributed by atoms with van der Waals surface area (Å²) in [6, 6.07) is 14.8. The number of rotatable bonds is 10. The van der Waals surface area contributed by atoms with Crippen molar-refractivity contribution in [1.29, 1.82) is 0 Å². The minimum Gasteiger partial charge on any atom is -0.394 e. The number of fused-ring (bicyclic) bond motifs is 3. The summed E-state index contributed by atoms with van der Waals surface area (Å²) < 4.78 is 23.0. The van der Waals surface area contributed by atoms with Crippen molar-refractivity contribution in [3.05, 3.63) is 64.7 Å². The van der Waals surface area contributed by atoms with Gasteiger partial charge in [0.25, 0.3) is 0 Å². The number of aliphatic hydroxyl groups excluding tert-OH is 2. The molecule has 8 nitrogen and oxygen atoms in total. The third kappa shape index (κ3) is 10.3. The molecule has 2 saturated heterocycles. The highest BCUT2D eigenvalue weighted by Crippen LogP contribution is 2.46. The molecule has 0 bridgehead atoms. The highest BCUT2D eigenvalue weighted by atomic mass is 35.5. The Labute approximate surface area is 283 Å². The molecule has 0 aromatic heterocycles. The van der Waals surface area contributed by atoms with E-state index in [0.717, 1.165) is 31.0 Å². The molecular formula is C32H47Cl3N2O6S. The van der Waals surface area contributed by atoms with E-state index >= 15 is 0 Å². The summed E-state index contributed by atoms with van der Waals surface area (Å²) in [5, 5.41) is 19.8. The number of benzene rings is 2. The van der Waals surface area contributed by atoms with Gasteiger partial charge in [-0.1, -0.05) is 47.6 Å². The zero-order valence-corrected chi connectivity index (χ0v) is 29.5. The molecular weight excluding hydrogens is 647 g/mol. The van der Waals surface area contributed by atoms with E-state index < -0.39 is 30.4 Å². The Morgan fingerprint density at radius 2 is 1.68 bits per heavy atom. The first-order valence-electron chi connectivity index (χ1n) is 14.5. The molecule has 5 rings (SSSR count). The Kier molecular flexibility index (Phi) is 15.9. The van der Waals surface area contributed by atoms with Crippen LogP contribution in [-0.4, -0.2) is 111 Å². The second-order valence-electron chi connectivity index (χ2n) is 11.8. The lowest BCUT2D eigenvalue weighted by molar-refractivity contribution is -0.231. The summed E-state index contributed by atoms with van der Waals surface area (Å²) in [5.41, 5.74) is 3.88. The van der Waals surface area contributed by atoms with Crippen molar-refractivity contribution >= 4 is 53.7 Å². The molecule has 5 unspecified atom stereocenters. The molecule has 0 amide bonds. The van der Waals surface area contributed by atoms with Crippen LogP contribution in [0.4, 0.5) is 0 Å². The molecule has 44 heavy (non-hydrogen) atoms. The van der Waals surface area contributed by atoms with Crippen LogP contribution in [-0.2, 0) is 18.9 Å². The average molecular weight is 694 g/mol. The summed E-state index contributed by atoms with van der Waals surface area (Å²) in [7, 11) is 8.22. The summed E-state index contributed by atoms with van der Waals surface area (Å²) in [6.07, 6.45) is 1.20. The normalized spacial score (nSPS) is 24.5. The smallest absolute Gasteiger partial charge is 0.190 e. The number of nitrogens with zero attached hydrogens (tertiary/aromatic N) is 2. The second kappa shape index (κ2) is 17.8. The maximum Gasteiger partial charge on any atom is 0.190 e. The first-order valence-corrected chi connectivity index (χ1v) is 15.7. The van der Waals surface area contributed by atoms with Gasteiger partial charge in [-0.25, -0.2) is 0 Å². The molecule has 248 valence electrons. The Balaban J connectivity index is 0.000000293. The SMILES string of the molecule is CN(C)CCC=C1c2ccccc2Sc2ccc(Cl)cc21.CN(C)CCCOC1C(C(O)CO)OC2OC(C)(C)OC21.Cl.Cl. The number of ether oxygens (including phenoxy) is 4. The van der Waals surface area contributed by atoms with E-state index in [1.165, 1.54) is 26.5 Å². The van der Waals surface area contributed by atoms with Gasteiger partial charge in [0, 0.05) is 28.0 Å². The number of halogens is 3. The highest BCUT2D eigenvalue weighted by Gasteiger charge is 2.56. The van der Waals surface area contributed by atoms with Gasteiger partial charge in [0.05, 0.1) is 6.61 Å². The highest BCUT2D eigenvalue weighted by molar-refractivity contribution is 7.99. The van der Waals surface area contributed by atoms with Gasteiger partial charge < -0.3 is 39.0 Å². The largest absolute Gasteiger partial charge is 0.394 e. The lowest BCUT2D eigenvalue weighted by atomic mass is 9.96. The predicted molar refractivity (Wildman–Crippen MR) is 181 cm³/mol. The van der Waals surface area contributed by atoms with E-state index in [1.807, 2.05) is 45.8 Å². The van der Waals surface area contributed by atoms with E-state index in [1.54, 1.807) is 0 Å². The van der Waals surface area contributed by atoms with E-state index in [2.05, 4.69) is 66.4 Å². The first kappa shape index (κ1) is 39.3. The van der Waals surface area contributed by atoms with Gasteiger partial charge in [0.1, 0.15) is 24.4 Å². The third-order valence-corrected chi connectivity index (χ3v) is 8.59.